The van der Waals surface area contributed by atoms with E-state index in [1.54, 1.807) is 11.3 Å². The van der Waals surface area contributed by atoms with Crippen LogP contribution in [0.5, 0.6) is 0 Å². The van der Waals surface area contributed by atoms with E-state index in [1.807, 2.05) is 16.5 Å². The highest BCUT2D eigenvalue weighted by Crippen LogP contribution is 2.30. The molecule has 0 radical (unpaired) electrons. The number of carbonyl (C=O) groups is 1. The van der Waals surface area contributed by atoms with E-state index in [2.05, 4.69) is 40.2 Å². The van der Waals surface area contributed by atoms with Crippen LogP contribution in [0.1, 0.15) is 42.7 Å². The van der Waals surface area contributed by atoms with Gasteiger partial charge < -0.3 is 19.5 Å². The van der Waals surface area contributed by atoms with E-state index >= 15 is 0 Å². The number of carbonyl (C=O) groups excluding carboxylic acids is 1. The minimum absolute atomic E-state index is 0.0690. The second kappa shape index (κ2) is 11.9. The quantitative estimate of drug-likeness (QED) is 0.658. The lowest BCUT2D eigenvalue weighted by atomic mass is 9.89. The molecule has 0 aliphatic carbocycles. The smallest absolute Gasteiger partial charge is 0.225 e. The molecular formula is C27H37N3O4S. The van der Waals surface area contributed by atoms with Gasteiger partial charge in [0.1, 0.15) is 5.01 Å². The first-order valence-electron chi connectivity index (χ1n) is 13.0. The highest BCUT2D eigenvalue weighted by molar-refractivity contribution is 7.09. The zero-order valence-corrected chi connectivity index (χ0v) is 21.2. The van der Waals surface area contributed by atoms with Gasteiger partial charge in [-0.05, 0) is 43.6 Å². The molecule has 1 aromatic carbocycles. The number of piperidine rings is 1. The van der Waals surface area contributed by atoms with Crippen molar-refractivity contribution in [1.29, 1.82) is 0 Å². The van der Waals surface area contributed by atoms with Gasteiger partial charge in [-0.3, -0.25) is 9.69 Å². The highest BCUT2D eigenvalue weighted by atomic mass is 32.1. The van der Waals surface area contributed by atoms with Crippen LogP contribution in [0.3, 0.4) is 0 Å². The summed E-state index contributed by atoms with van der Waals surface area (Å²) in [7, 11) is 0. The molecule has 7 nitrogen and oxygen atoms in total. The van der Waals surface area contributed by atoms with E-state index in [0.717, 1.165) is 50.2 Å². The molecule has 0 saturated carbocycles. The fourth-order valence-corrected chi connectivity index (χ4v) is 6.43. The van der Waals surface area contributed by atoms with Gasteiger partial charge in [0.15, 0.2) is 0 Å². The van der Waals surface area contributed by atoms with Crippen molar-refractivity contribution in [3.8, 4) is 0 Å². The Morgan fingerprint density at radius 1 is 1.11 bits per heavy atom. The molecule has 3 aliphatic rings. The molecule has 1 aromatic heterocycles. The topological polar surface area (TPSA) is 75.1 Å². The third-order valence-electron chi connectivity index (χ3n) is 7.65. The third kappa shape index (κ3) is 6.68. The Morgan fingerprint density at radius 3 is 2.71 bits per heavy atom. The normalized spacial score (nSPS) is 28.8. The van der Waals surface area contributed by atoms with Gasteiger partial charge >= 0.3 is 0 Å². The van der Waals surface area contributed by atoms with Crippen LogP contribution in [0.15, 0.2) is 41.9 Å². The number of thiazole rings is 1. The van der Waals surface area contributed by atoms with E-state index < -0.39 is 6.10 Å². The van der Waals surface area contributed by atoms with Gasteiger partial charge in [-0.1, -0.05) is 30.3 Å². The maximum atomic E-state index is 13.1. The molecule has 0 unspecified atom stereocenters. The average molecular weight is 500 g/mol. The van der Waals surface area contributed by atoms with Gasteiger partial charge in [0.25, 0.3) is 0 Å². The number of rotatable bonds is 6. The number of hydrogen-bond acceptors (Lipinski definition) is 7. The zero-order valence-electron chi connectivity index (χ0n) is 20.3. The number of amides is 1. The number of aliphatic hydroxyl groups excluding tert-OH is 1. The Morgan fingerprint density at radius 2 is 1.94 bits per heavy atom. The number of fused-ring (bicyclic) bond motifs is 1. The molecule has 3 saturated heterocycles. The van der Waals surface area contributed by atoms with Crippen molar-refractivity contribution in [3.63, 3.8) is 0 Å². The SMILES string of the molecule is O=C(C[C@H]1CC[C@H]2[C@@H](COC[C@@H](O)CN2Cc2nccs2)O1)N1CCC(Cc2ccccc2)CC1. The summed E-state index contributed by atoms with van der Waals surface area (Å²) in [4.78, 5) is 21.9. The van der Waals surface area contributed by atoms with Crippen LogP contribution in [-0.2, 0) is 27.2 Å². The molecule has 3 fully saturated rings. The molecule has 8 heteroatoms. The second-order valence-corrected chi connectivity index (χ2v) is 11.2. The number of nitrogens with zero attached hydrogens (tertiary/aromatic N) is 3. The fourth-order valence-electron chi connectivity index (χ4n) is 5.79. The molecule has 35 heavy (non-hydrogen) atoms. The molecule has 1 N–H and O–H groups in total. The molecule has 5 rings (SSSR count). The van der Waals surface area contributed by atoms with Gasteiger partial charge in [0.2, 0.25) is 5.91 Å². The molecular weight excluding hydrogens is 462 g/mol. The largest absolute Gasteiger partial charge is 0.389 e. The van der Waals surface area contributed by atoms with Crippen molar-refractivity contribution >= 4 is 17.2 Å². The van der Waals surface area contributed by atoms with Gasteiger partial charge in [-0.15, -0.1) is 11.3 Å². The maximum Gasteiger partial charge on any atom is 0.225 e. The monoisotopic (exact) mass is 499 g/mol. The first kappa shape index (κ1) is 24.8. The summed E-state index contributed by atoms with van der Waals surface area (Å²) in [5, 5.41) is 13.4. The van der Waals surface area contributed by atoms with Crippen LogP contribution in [0.2, 0.25) is 0 Å². The van der Waals surface area contributed by atoms with Crippen LogP contribution in [0, 0.1) is 5.92 Å². The summed E-state index contributed by atoms with van der Waals surface area (Å²) in [5.74, 6) is 0.868. The molecule has 0 bridgehead atoms. The summed E-state index contributed by atoms with van der Waals surface area (Å²) in [6.45, 7) is 3.70. The number of likely N-dealkylation sites (tertiary alicyclic amines) is 1. The number of β-amino-alcohol motifs (C(OH)–C–C–N with tert-alkyl or cyclic N) is 1. The Labute approximate surface area is 212 Å². The van der Waals surface area contributed by atoms with Crippen LogP contribution in [-0.4, -0.2) is 83.0 Å². The van der Waals surface area contributed by atoms with Crippen LogP contribution < -0.4 is 0 Å². The number of aliphatic hydroxyl groups is 1. The van der Waals surface area contributed by atoms with E-state index in [0.29, 0.717) is 38.6 Å². The zero-order chi connectivity index (χ0) is 24.0. The minimum Gasteiger partial charge on any atom is -0.389 e. The Balaban J connectivity index is 1.12. The number of benzene rings is 1. The summed E-state index contributed by atoms with van der Waals surface area (Å²) >= 11 is 1.64. The summed E-state index contributed by atoms with van der Waals surface area (Å²) < 4.78 is 12.2. The number of hydrogen-bond donors (Lipinski definition) is 1. The third-order valence-corrected chi connectivity index (χ3v) is 8.41. The lowest BCUT2D eigenvalue weighted by Crippen LogP contribution is -2.55. The first-order chi connectivity index (χ1) is 17.1. The lowest BCUT2D eigenvalue weighted by molar-refractivity contribution is -0.161. The summed E-state index contributed by atoms with van der Waals surface area (Å²) in [5.41, 5.74) is 1.39. The Bertz CT molecular complexity index is 920. The van der Waals surface area contributed by atoms with Gasteiger partial charge in [0, 0.05) is 37.3 Å². The molecule has 0 spiro atoms. The van der Waals surface area contributed by atoms with Crippen molar-refractivity contribution in [2.24, 2.45) is 5.92 Å². The number of aromatic nitrogens is 1. The number of ether oxygens (including phenoxy) is 2. The van der Waals surface area contributed by atoms with E-state index in [-0.39, 0.29) is 24.2 Å². The molecule has 2 aromatic rings. The predicted molar refractivity (Wildman–Crippen MR) is 135 cm³/mol. The Hall–Kier alpha value is -1.84. The fraction of sp³-hybridized carbons (Fsp3) is 0.630. The lowest BCUT2D eigenvalue weighted by Gasteiger charge is -2.44. The molecule has 4 atom stereocenters. The average Bonchev–Trinajstić information content (AvgIpc) is 3.37. The van der Waals surface area contributed by atoms with Crippen molar-refractivity contribution in [1.82, 2.24) is 14.8 Å². The van der Waals surface area contributed by atoms with Crippen molar-refractivity contribution < 1.29 is 19.4 Å². The van der Waals surface area contributed by atoms with Crippen molar-refractivity contribution in [3.05, 3.63) is 52.5 Å². The second-order valence-electron chi connectivity index (χ2n) is 10.2. The van der Waals surface area contributed by atoms with Crippen LogP contribution in [0.25, 0.3) is 0 Å². The van der Waals surface area contributed by atoms with E-state index in [4.69, 9.17) is 9.47 Å². The molecule has 190 valence electrons. The predicted octanol–water partition coefficient (Wildman–Crippen LogP) is 3.12. The standard InChI is InChI=1S/C27H37N3O4S/c31-22-16-30(17-26-28-10-13-35-26)24-7-6-23(34-25(24)19-33-18-22)15-27(32)29-11-8-21(9-12-29)14-20-4-2-1-3-5-20/h1-5,10,13,21-25,31H,6-9,11-12,14-19H2/t22-,23+,24-,25+/m0/s1. The highest BCUT2D eigenvalue weighted by Gasteiger charge is 2.38. The minimum atomic E-state index is -0.514. The first-order valence-corrected chi connectivity index (χ1v) is 13.9. The maximum absolute atomic E-state index is 13.1. The van der Waals surface area contributed by atoms with Crippen LogP contribution in [0.4, 0.5) is 0 Å². The summed E-state index contributed by atoms with van der Waals surface area (Å²) in [6, 6.07) is 10.8. The molecule has 1 amide bonds. The Kier molecular flexibility index (Phi) is 8.47. The summed E-state index contributed by atoms with van der Waals surface area (Å²) in [6.07, 6.45) is 6.62. The van der Waals surface area contributed by atoms with Crippen LogP contribution >= 0.6 is 11.3 Å². The van der Waals surface area contributed by atoms with Gasteiger partial charge in [-0.2, -0.15) is 0 Å². The van der Waals surface area contributed by atoms with Crippen molar-refractivity contribution in [2.75, 3.05) is 32.8 Å². The molecule has 3 aliphatic heterocycles. The molecule has 4 heterocycles. The van der Waals surface area contributed by atoms with Gasteiger partial charge in [0.05, 0.1) is 44.5 Å². The van der Waals surface area contributed by atoms with Gasteiger partial charge in [-0.25, -0.2) is 4.98 Å². The van der Waals surface area contributed by atoms with Crippen molar-refractivity contribution in [2.45, 2.75) is 69.4 Å². The van der Waals surface area contributed by atoms with E-state index in [1.165, 1.54) is 5.56 Å². The van der Waals surface area contributed by atoms with E-state index in [9.17, 15) is 9.90 Å².